The summed E-state index contributed by atoms with van der Waals surface area (Å²) in [6.45, 7) is 0. The number of aromatic nitrogens is 1. The molecule has 0 atom stereocenters. The van der Waals surface area contributed by atoms with Crippen LogP contribution in [0.2, 0.25) is 0 Å². The lowest BCUT2D eigenvalue weighted by molar-refractivity contribution is 0.0696. The molecule has 0 unspecified atom stereocenters. The Kier molecular flexibility index (Phi) is 3.05. The molecule has 4 heteroatoms. The zero-order chi connectivity index (χ0) is 12.3. The average Bonchev–Trinajstić information content (AvgIpc) is 2.39. The molecule has 0 saturated carbocycles. The number of methoxy groups -OCH3 is 1. The van der Waals surface area contributed by atoms with Crippen LogP contribution in [0.25, 0.3) is 11.3 Å². The van der Waals surface area contributed by atoms with Gasteiger partial charge in [-0.3, -0.25) is 4.98 Å². The summed E-state index contributed by atoms with van der Waals surface area (Å²) in [4.78, 5) is 14.8. The van der Waals surface area contributed by atoms with Crippen molar-refractivity contribution in [1.82, 2.24) is 4.98 Å². The molecule has 86 valence electrons. The summed E-state index contributed by atoms with van der Waals surface area (Å²) in [5, 5.41) is 8.77. The maximum Gasteiger partial charge on any atom is 0.337 e. The molecule has 0 aliphatic rings. The molecule has 0 aliphatic heterocycles. The highest BCUT2D eigenvalue weighted by Gasteiger charge is 2.05. The van der Waals surface area contributed by atoms with Gasteiger partial charge in [-0.15, -0.1) is 0 Å². The van der Waals surface area contributed by atoms with Crippen LogP contribution in [0.15, 0.2) is 42.6 Å². The number of hydrogen-bond acceptors (Lipinski definition) is 3. The molecule has 0 amide bonds. The van der Waals surface area contributed by atoms with Gasteiger partial charge in [0, 0.05) is 11.8 Å². The summed E-state index contributed by atoms with van der Waals surface area (Å²) in [5.74, 6) is -0.235. The van der Waals surface area contributed by atoms with E-state index in [9.17, 15) is 4.79 Å². The van der Waals surface area contributed by atoms with Crippen LogP contribution in [0.5, 0.6) is 5.75 Å². The number of carboxylic acids is 1. The number of carbonyl (C=O) groups is 1. The smallest absolute Gasteiger partial charge is 0.337 e. The van der Waals surface area contributed by atoms with E-state index < -0.39 is 5.97 Å². The van der Waals surface area contributed by atoms with Crippen LogP contribution >= 0.6 is 0 Å². The topological polar surface area (TPSA) is 59.4 Å². The Labute approximate surface area is 98.5 Å². The third kappa shape index (κ3) is 2.42. The Balaban J connectivity index is 2.36. The number of rotatable bonds is 3. The summed E-state index contributed by atoms with van der Waals surface area (Å²) in [7, 11) is 1.60. The zero-order valence-electron chi connectivity index (χ0n) is 9.25. The van der Waals surface area contributed by atoms with Crippen molar-refractivity contribution in [3.8, 4) is 17.0 Å². The molecule has 1 aromatic carbocycles. The molecule has 0 aliphatic carbocycles. The molecule has 0 spiro atoms. The van der Waals surface area contributed by atoms with Gasteiger partial charge in [0.15, 0.2) is 0 Å². The van der Waals surface area contributed by atoms with Crippen molar-refractivity contribution in [3.63, 3.8) is 0 Å². The zero-order valence-corrected chi connectivity index (χ0v) is 9.25. The fourth-order valence-corrected chi connectivity index (χ4v) is 1.47. The van der Waals surface area contributed by atoms with Crippen molar-refractivity contribution in [1.29, 1.82) is 0 Å². The number of hydrogen-bond donors (Lipinski definition) is 1. The first-order valence-electron chi connectivity index (χ1n) is 5.04. The number of benzene rings is 1. The standard InChI is InChI=1S/C13H11NO3/c1-17-11-4-2-3-9(7-11)12-6-5-10(8-14-12)13(15)16/h2-8H,1H3,(H,15,16). The van der Waals surface area contributed by atoms with Gasteiger partial charge in [0.2, 0.25) is 0 Å². The minimum absolute atomic E-state index is 0.177. The fourth-order valence-electron chi connectivity index (χ4n) is 1.47. The van der Waals surface area contributed by atoms with Crippen LogP contribution < -0.4 is 4.74 Å². The Bertz CT molecular complexity index is 535. The van der Waals surface area contributed by atoms with E-state index in [2.05, 4.69) is 4.98 Å². The van der Waals surface area contributed by atoms with Gasteiger partial charge in [-0.25, -0.2) is 4.79 Å². The third-order valence-corrected chi connectivity index (χ3v) is 2.38. The summed E-state index contributed by atoms with van der Waals surface area (Å²) in [5.41, 5.74) is 1.78. The van der Waals surface area contributed by atoms with E-state index in [-0.39, 0.29) is 5.56 Å². The summed E-state index contributed by atoms with van der Waals surface area (Å²) in [6, 6.07) is 10.7. The van der Waals surface area contributed by atoms with Gasteiger partial charge in [-0.1, -0.05) is 12.1 Å². The van der Waals surface area contributed by atoms with Crippen LogP contribution in [0, 0.1) is 0 Å². The van der Waals surface area contributed by atoms with Crippen molar-refractivity contribution in [2.24, 2.45) is 0 Å². The highest BCUT2D eigenvalue weighted by molar-refractivity contribution is 5.87. The van der Waals surface area contributed by atoms with E-state index in [0.717, 1.165) is 11.3 Å². The Hall–Kier alpha value is -2.36. The van der Waals surface area contributed by atoms with Crippen LogP contribution in [0.3, 0.4) is 0 Å². The van der Waals surface area contributed by atoms with Crippen LogP contribution in [-0.2, 0) is 0 Å². The molecule has 2 aromatic rings. The van der Waals surface area contributed by atoms with Crippen molar-refractivity contribution in [3.05, 3.63) is 48.2 Å². The molecule has 4 nitrogen and oxygen atoms in total. The summed E-state index contributed by atoms with van der Waals surface area (Å²) in [6.07, 6.45) is 1.34. The lowest BCUT2D eigenvalue weighted by atomic mass is 10.1. The second-order valence-corrected chi connectivity index (χ2v) is 3.47. The Morgan fingerprint density at radius 2 is 2.12 bits per heavy atom. The van der Waals surface area contributed by atoms with Crippen LogP contribution in [0.4, 0.5) is 0 Å². The number of carboxylic acid groups (broad SMARTS) is 1. The molecule has 1 heterocycles. The minimum Gasteiger partial charge on any atom is -0.497 e. The van der Waals surface area contributed by atoms with Gasteiger partial charge in [-0.05, 0) is 24.3 Å². The van der Waals surface area contributed by atoms with E-state index in [1.807, 2.05) is 24.3 Å². The first-order chi connectivity index (χ1) is 8.20. The highest BCUT2D eigenvalue weighted by Crippen LogP contribution is 2.21. The Morgan fingerprint density at radius 1 is 1.29 bits per heavy atom. The number of ether oxygens (including phenoxy) is 1. The van der Waals surface area contributed by atoms with Crippen LogP contribution in [-0.4, -0.2) is 23.2 Å². The normalized spacial score (nSPS) is 9.94. The first kappa shape index (κ1) is 11.1. The lowest BCUT2D eigenvalue weighted by Gasteiger charge is -2.04. The molecule has 17 heavy (non-hydrogen) atoms. The fraction of sp³-hybridized carbons (Fsp3) is 0.0769. The second kappa shape index (κ2) is 4.65. The molecule has 2 rings (SSSR count). The maximum atomic E-state index is 10.7. The number of nitrogens with zero attached hydrogens (tertiary/aromatic N) is 1. The van der Waals surface area contributed by atoms with E-state index >= 15 is 0 Å². The number of aromatic carboxylic acids is 1. The van der Waals surface area contributed by atoms with Crippen molar-refractivity contribution in [2.45, 2.75) is 0 Å². The van der Waals surface area contributed by atoms with Crippen molar-refractivity contribution >= 4 is 5.97 Å². The summed E-state index contributed by atoms with van der Waals surface area (Å²) >= 11 is 0. The van der Waals surface area contributed by atoms with Gasteiger partial charge in [0.1, 0.15) is 5.75 Å². The molecular weight excluding hydrogens is 218 g/mol. The highest BCUT2D eigenvalue weighted by atomic mass is 16.5. The first-order valence-corrected chi connectivity index (χ1v) is 5.04. The molecule has 0 radical (unpaired) electrons. The summed E-state index contributed by atoms with van der Waals surface area (Å²) < 4.78 is 5.12. The SMILES string of the molecule is COc1cccc(-c2ccc(C(=O)O)cn2)c1. The molecule has 1 N–H and O–H groups in total. The third-order valence-electron chi connectivity index (χ3n) is 2.38. The van der Waals surface area contributed by atoms with Gasteiger partial charge >= 0.3 is 5.97 Å². The predicted octanol–water partition coefficient (Wildman–Crippen LogP) is 2.46. The van der Waals surface area contributed by atoms with Gasteiger partial charge in [-0.2, -0.15) is 0 Å². The van der Waals surface area contributed by atoms with E-state index in [0.29, 0.717) is 5.69 Å². The Morgan fingerprint density at radius 3 is 2.71 bits per heavy atom. The monoisotopic (exact) mass is 229 g/mol. The molecule has 0 saturated heterocycles. The van der Waals surface area contributed by atoms with Crippen LogP contribution in [0.1, 0.15) is 10.4 Å². The predicted molar refractivity (Wildman–Crippen MR) is 63.2 cm³/mol. The van der Waals surface area contributed by atoms with Gasteiger partial charge in [0.05, 0.1) is 18.4 Å². The molecular formula is C13H11NO3. The largest absolute Gasteiger partial charge is 0.497 e. The van der Waals surface area contributed by atoms with Gasteiger partial charge < -0.3 is 9.84 Å². The van der Waals surface area contributed by atoms with E-state index in [1.54, 1.807) is 13.2 Å². The van der Waals surface area contributed by atoms with E-state index in [1.165, 1.54) is 12.3 Å². The quantitative estimate of drug-likeness (QED) is 0.878. The maximum absolute atomic E-state index is 10.7. The second-order valence-electron chi connectivity index (χ2n) is 3.47. The van der Waals surface area contributed by atoms with Crippen molar-refractivity contribution < 1.29 is 14.6 Å². The van der Waals surface area contributed by atoms with Gasteiger partial charge in [0.25, 0.3) is 0 Å². The molecule has 0 fully saturated rings. The molecule has 0 bridgehead atoms. The average molecular weight is 229 g/mol. The lowest BCUT2D eigenvalue weighted by Crippen LogP contribution is -1.97. The number of pyridine rings is 1. The van der Waals surface area contributed by atoms with Crippen molar-refractivity contribution in [2.75, 3.05) is 7.11 Å². The molecule has 1 aromatic heterocycles. The minimum atomic E-state index is -0.977. The van der Waals surface area contributed by atoms with E-state index in [4.69, 9.17) is 9.84 Å².